The lowest BCUT2D eigenvalue weighted by atomic mass is 10.0. The van der Waals surface area contributed by atoms with Crippen molar-refractivity contribution < 1.29 is 22.7 Å². The molecule has 0 atom stereocenters. The van der Waals surface area contributed by atoms with Crippen LogP contribution < -0.4 is 4.74 Å². The van der Waals surface area contributed by atoms with Gasteiger partial charge in [0.2, 0.25) is 10.0 Å². The average Bonchev–Trinajstić information content (AvgIpc) is 2.69. The summed E-state index contributed by atoms with van der Waals surface area (Å²) in [5.41, 5.74) is 1.37. The van der Waals surface area contributed by atoms with Gasteiger partial charge in [-0.15, -0.1) is 0 Å². The van der Waals surface area contributed by atoms with E-state index in [1.807, 2.05) is 18.2 Å². The summed E-state index contributed by atoms with van der Waals surface area (Å²) in [6.07, 6.45) is 0. The van der Waals surface area contributed by atoms with E-state index in [2.05, 4.69) is 13.8 Å². The van der Waals surface area contributed by atoms with Crippen LogP contribution in [0.5, 0.6) is 5.75 Å². The topological polar surface area (TPSA) is 72.9 Å². The number of hydrogen-bond donors (Lipinski definition) is 0. The zero-order valence-corrected chi connectivity index (χ0v) is 16.2. The van der Waals surface area contributed by atoms with Gasteiger partial charge in [0.25, 0.3) is 0 Å². The van der Waals surface area contributed by atoms with E-state index in [0.717, 1.165) is 5.56 Å². The van der Waals surface area contributed by atoms with Gasteiger partial charge in [-0.1, -0.05) is 26.0 Å². The Kier molecular flexibility index (Phi) is 5.94. The molecule has 7 heteroatoms. The van der Waals surface area contributed by atoms with Crippen LogP contribution in [0.3, 0.4) is 0 Å². The number of morpholine rings is 1. The van der Waals surface area contributed by atoms with E-state index in [-0.39, 0.29) is 4.90 Å². The number of hydrogen-bond acceptors (Lipinski definition) is 5. The summed E-state index contributed by atoms with van der Waals surface area (Å²) in [6, 6.07) is 13.2. The molecule has 6 nitrogen and oxygen atoms in total. The van der Waals surface area contributed by atoms with Crippen molar-refractivity contribution in [1.82, 2.24) is 4.31 Å². The second kappa shape index (κ2) is 8.21. The maximum atomic E-state index is 12.6. The quantitative estimate of drug-likeness (QED) is 0.580. The summed E-state index contributed by atoms with van der Waals surface area (Å²) in [5.74, 6) is 0.274. The lowest BCUT2D eigenvalue weighted by Crippen LogP contribution is -2.40. The predicted molar refractivity (Wildman–Crippen MR) is 102 cm³/mol. The Morgan fingerprint density at radius 3 is 2.37 bits per heavy atom. The van der Waals surface area contributed by atoms with Gasteiger partial charge in [-0.2, -0.15) is 4.31 Å². The first-order valence-electron chi connectivity index (χ1n) is 8.88. The van der Waals surface area contributed by atoms with Gasteiger partial charge in [0.15, 0.2) is 0 Å². The number of ether oxygens (including phenoxy) is 2. The summed E-state index contributed by atoms with van der Waals surface area (Å²) in [7, 11) is -3.58. The summed E-state index contributed by atoms with van der Waals surface area (Å²) >= 11 is 0. The lowest BCUT2D eigenvalue weighted by molar-refractivity contribution is 0.0730. The molecule has 0 N–H and O–H groups in total. The van der Waals surface area contributed by atoms with Gasteiger partial charge >= 0.3 is 5.97 Å². The molecule has 1 fully saturated rings. The molecule has 2 aromatic rings. The maximum Gasteiger partial charge on any atom is 0.343 e. The van der Waals surface area contributed by atoms with Crippen LogP contribution in [0.1, 0.15) is 35.7 Å². The Morgan fingerprint density at radius 1 is 1.07 bits per heavy atom. The van der Waals surface area contributed by atoms with Crippen LogP contribution in [-0.4, -0.2) is 45.0 Å². The van der Waals surface area contributed by atoms with Crippen molar-refractivity contribution >= 4 is 16.0 Å². The minimum absolute atomic E-state index is 0.155. The van der Waals surface area contributed by atoms with Gasteiger partial charge in [-0.3, -0.25) is 0 Å². The van der Waals surface area contributed by atoms with Crippen molar-refractivity contribution in [3.05, 3.63) is 59.7 Å². The molecule has 2 aromatic carbocycles. The Labute approximate surface area is 159 Å². The zero-order chi connectivity index (χ0) is 19.4. The van der Waals surface area contributed by atoms with Crippen LogP contribution in [0.4, 0.5) is 0 Å². The maximum absolute atomic E-state index is 12.6. The number of carbonyl (C=O) groups is 1. The minimum Gasteiger partial charge on any atom is -0.423 e. The van der Waals surface area contributed by atoms with Crippen molar-refractivity contribution in [3.8, 4) is 5.75 Å². The van der Waals surface area contributed by atoms with Crippen molar-refractivity contribution in [1.29, 1.82) is 0 Å². The van der Waals surface area contributed by atoms with E-state index in [0.29, 0.717) is 43.5 Å². The van der Waals surface area contributed by atoms with Gasteiger partial charge in [0.1, 0.15) is 5.75 Å². The molecule has 1 saturated heterocycles. The van der Waals surface area contributed by atoms with Gasteiger partial charge in [0, 0.05) is 13.1 Å². The number of sulfonamides is 1. The third kappa shape index (κ3) is 4.55. The number of nitrogens with zero attached hydrogens (tertiary/aromatic N) is 1. The Balaban J connectivity index is 1.73. The van der Waals surface area contributed by atoms with E-state index in [1.54, 1.807) is 6.07 Å². The van der Waals surface area contributed by atoms with Crippen molar-refractivity contribution in [2.75, 3.05) is 26.3 Å². The predicted octanol–water partition coefficient (Wildman–Crippen LogP) is 3.05. The minimum atomic E-state index is -3.58. The normalized spacial score (nSPS) is 15.7. The molecule has 27 heavy (non-hydrogen) atoms. The number of benzene rings is 2. The molecule has 3 rings (SSSR count). The van der Waals surface area contributed by atoms with Crippen LogP contribution in [0.25, 0.3) is 0 Å². The highest BCUT2D eigenvalue weighted by Crippen LogP contribution is 2.22. The smallest absolute Gasteiger partial charge is 0.343 e. The largest absolute Gasteiger partial charge is 0.423 e. The Morgan fingerprint density at radius 2 is 1.74 bits per heavy atom. The molecule has 1 heterocycles. The molecular formula is C20H23NO5S. The second-order valence-corrected chi connectivity index (χ2v) is 8.60. The third-order valence-corrected chi connectivity index (χ3v) is 6.35. The number of carbonyl (C=O) groups excluding carboxylic acids is 1. The molecule has 0 aliphatic carbocycles. The summed E-state index contributed by atoms with van der Waals surface area (Å²) in [4.78, 5) is 12.5. The first-order chi connectivity index (χ1) is 12.9. The Hall–Kier alpha value is -2.22. The molecule has 0 unspecified atom stereocenters. The first-order valence-corrected chi connectivity index (χ1v) is 10.3. The van der Waals surface area contributed by atoms with Crippen LogP contribution in [0.2, 0.25) is 0 Å². The number of esters is 1. The fraction of sp³-hybridized carbons (Fsp3) is 0.350. The molecule has 0 radical (unpaired) electrons. The van der Waals surface area contributed by atoms with Gasteiger partial charge in [0.05, 0.1) is 23.7 Å². The first kappa shape index (κ1) is 19.5. The molecule has 0 spiro atoms. The lowest BCUT2D eigenvalue weighted by Gasteiger charge is -2.26. The van der Waals surface area contributed by atoms with E-state index < -0.39 is 16.0 Å². The highest BCUT2D eigenvalue weighted by molar-refractivity contribution is 7.89. The summed E-state index contributed by atoms with van der Waals surface area (Å²) in [5, 5.41) is 0. The average molecular weight is 389 g/mol. The summed E-state index contributed by atoms with van der Waals surface area (Å²) in [6.45, 7) is 5.57. The monoisotopic (exact) mass is 389 g/mol. The van der Waals surface area contributed by atoms with Gasteiger partial charge in [-0.05, 0) is 47.9 Å². The zero-order valence-electron chi connectivity index (χ0n) is 15.4. The van der Waals surface area contributed by atoms with Gasteiger partial charge in [-0.25, -0.2) is 13.2 Å². The molecule has 1 aliphatic rings. The van der Waals surface area contributed by atoms with Gasteiger partial charge < -0.3 is 9.47 Å². The van der Waals surface area contributed by atoms with E-state index in [4.69, 9.17) is 9.47 Å². The SMILES string of the molecule is CC(C)c1cccc(OC(=O)c2ccc(S(=O)(=O)N3CCOCC3)cc2)c1. The molecule has 0 bridgehead atoms. The highest BCUT2D eigenvalue weighted by atomic mass is 32.2. The van der Waals surface area contributed by atoms with Crippen LogP contribution in [-0.2, 0) is 14.8 Å². The molecular weight excluding hydrogens is 366 g/mol. The molecule has 0 amide bonds. The van der Waals surface area contributed by atoms with Crippen molar-refractivity contribution in [3.63, 3.8) is 0 Å². The standard InChI is InChI=1S/C20H23NO5S/c1-15(2)17-4-3-5-18(14-17)26-20(22)16-6-8-19(9-7-16)27(23,24)21-10-12-25-13-11-21/h3-9,14-15H,10-13H2,1-2H3. The molecule has 0 aromatic heterocycles. The van der Waals surface area contributed by atoms with Crippen molar-refractivity contribution in [2.45, 2.75) is 24.7 Å². The van der Waals surface area contributed by atoms with Crippen LogP contribution in [0.15, 0.2) is 53.4 Å². The summed E-state index contributed by atoms with van der Waals surface area (Å²) < 4.78 is 37.2. The molecule has 144 valence electrons. The molecule has 0 saturated carbocycles. The van der Waals surface area contributed by atoms with Crippen LogP contribution >= 0.6 is 0 Å². The second-order valence-electron chi connectivity index (χ2n) is 6.66. The van der Waals surface area contributed by atoms with E-state index in [1.165, 1.54) is 28.6 Å². The molecule has 1 aliphatic heterocycles. The van der Waals surface area contributed by atoms with E-state index >= 15 is 0 Å². The van der Waals surface area contributed by atoms with E-state index in [9.17, 15) is 13.2 Å². The number of rotatable bonds is 5. The van der Waals surface area contributed by atoms with Crippen LogP contribution in [0, 0.1) is 0 Å². The van der Waals surface area contributed by atoms with Crippen molar-refractivity contribution in [2.24, 2.45) is 0 Å². The Bertz CT molecular complexity index is 900. The third-order valence-electron chi connectivity index (χ3n) is 4.43. The fourth-order valence-electron chi connectivity index (χ4n) is 2.80. The highest BCUT2D eigenvalue weighted by Gasteiger charge is 2.26. The fourth-order valence-corrected chi connectivity index (χ4v) is 4.21.